The molecular weight excluding hydrogens is 432 g/mol. The number of imide groups is 1. The van der Waals surface area contributed by atoms with Crippen LogP contribution in [0, 0.1) is 0 Å². The number of fused-ring (bicyclic) bond motifs is 3. The van der Waals surface area contributed by atoms with Crippen molar-refractivity contribution in [3.8, 4) is 0 Å². The largest absolute Gasteiger partial charge is 0.335 e. The van der Waals surface area contributed by atoms with Crippen LogP contribution in [-0.4, -0.2) is 32.8 Å². The maximum Gasteiger partial charge on any atom is 0.321 e. The molecule has 4 rings (SSSR count). The monoisotopic (exact) mass is 462 g/mol. The standard InChI is InChI=1S/C22H30N4O3S2/c1-3-4-5-6-12-26-20(28)17-15-8-7-9-16(15)31-19(17)25-22(26)30-13(2)18(27)24-21(29)23-14-10-11-14/h13-14H,3-12H2,1-2H3,(H2,23,24,27,29)/t13-/m1/s1. The predicted molar refractivity (Wildman–Crippen MR) is 125 cm³/mol. The van der Waals surface area contributed by atoms with Crippen LogP contribution in [0.5, 0.6) is 0 Å². The van der Waals surface area contributed by atoms with Crippen molar-refractivity contribution in [1.82, 2.24) is 20.2 Å². The molecule has 2 N–H and O–H groups in total. The SMILES string of the molecule is CCCCCCn1c(S[C@H](C)C(=O)NC(=O)NC2CC2)nc2sc3c(c2c1=O)CCC3. The van der Waals surface area contributed by atoms with E-state index in [1.165, 1.54) is 22.2 Å². The van der Waals surface area contributed by atoms with Gasteiger partial charge in [-0.2, -0.15) is 0 Å². The number of hydrogen-bond donors (Lipinski definition) is 2. The molecule has 0 spiro atoms. The van der Waals surface area contributed by atoms with E-state index < -0.39 is 11.3 Å². The van der Waals surface area contributed by atoms with Gasteiger partial charge in [0.2, 0.25) is 5.91 Å². The second-order valence-corrected chi connectivity index (χ2v) is 10.8. The molecule has 2 heterocycles. The maximum atomic E-state index is 13.4. The number of nitrogens with zero attached hydrogens (tertiary/aromatic N) is 2. The molecule has 0 saturated heterocycles. The Morgan fingerprint density at radius 1 is 1.26 bits per heavy atom. The van der Waals surface area contributed by atoms with Crippen molar-refractivity contribution in [1.29, 1.82) is 0 Å². The number of nitrogens with one attached hydrogen (secondary N) is 2. The number of carbonyl (C=O) groups is 2. The van der Waals surface area contributed by atoms with Crippen LogP contribution in [0.25, 0.3) is 10.2 Å². The Morgan fingerprint density at radius 3 is 2.81 bits per heavy atom. The number of urea groups is 1. The van der Waals surface area contributed by atoms with Gasteiger partial charge in [0, 0.05) is 17.5 Å². The Balaban J connectivity index is 1.56. The molecule has 2 aromatic heterocycles. The number of rotatable bonds is 9. The van der Waals surface area contributed by atoms with Gasteiger partial charge in [-0.3, -0.25) is 19.5 Å². The van der Waals surface area contributed by atoms with Gasteiger partial charge in [0.1, 0.15) is 4.83 Å². The van der Waals surface area contributed by atoms with Crippen LogP contribution in [0.2, 0.25) is 0 Å². The van der Waals surface area contributed by atoms with Crippen molar-refractivity contribution in [3.63, 3.8) is 0 Å². The lowest BCUT2D eigenvalue weighted by Crippen LogP contribution is -2.43. The van der Waals surface area contributed by atoms with E-state index in [1.54, 1.807) is 22.8 Å². The first-order valence-corrected chi connectivity index (χ1v) is 13.0. The Labute approximate surface area is 190 Å². The summed E-state index contributed by atoms with van der Waals surface area (Å²) in [6.07, 6.45) is 9.23. The highest BCUT2D eigenvalue weighted by Crippen LogP contribution is 2.36. The molecule has 9 heteroatoms. The zero-order chi connectivity index (χ0) is 22.0. The van der Waals surface area contributed by atoms with Crippen molar-refractivity contribution in [2.75, 3.05) is 0 Å². The van der Waals surface area contributed by atoms with Crippen LogP contribution in [-0.2, 0) is 24.2 Å². The Hall–Kier alpha value is -1.87. The third-order valence-electron chi connectivity index (χ3n) is 5.83. The van der Waals surface area contributed by atoms with E-state index in [2.05, 4.69) is 17.6 Å². The summed E-state index contributed by atoms with van der Waals surface area (Å²) in [7, 11) is 0. The van der Waals surface area contributed by atoms with Gasteiger partial charge in [0.15, 0.2) is 5.16 Å². The molecule has 1 fully saturated rings. The minimum absolute atomic E-state index is 0.0162. The summed E-state index contributed by atoms with van der Waals surface area (Å²) in [6, 6.07) is -0.260. The van der Waals surface area contributed by atoms with Gasteiger partial charge in [-0.15, -0.1) is 11.3 Å². The highest BCUT2D eigenvalue weighted by Gasteiger charge is 2.27. The number of amides is 3. The maximum absolute atomic E-state index is 13.4. The smallest absolute Gasteiger partial charge is 0.321 e. The third kappa shape index (κ3) is 5.14. The molecular formula is C22H30N4O3S2. The minimum Gasteiger partial charge on any atom is -0.335 e. The molecule has 31 heavy (non-hydrogen) atoms. The Kier molecular flexibility index (Phi) is 7.01. The first kappa shape index (κ1) is 22.3. The van der Waals surface area contributed by atoms with E-state index in [1.807, 2.05) is 0 Å². The summed E-state index contributed by atoms with van der Waals surface area (Å²) in [4.78, 5) is 44.8. The molecule has 168 valence electrons. The summed E-state index contributed by atoms with van der Waals surface area (Å²) >= 11 is 2.87. The van der Waals surface area contributed by atoms with Gasteiger partial charge in [-0.25, -0.2) is 9.78 Å². The lowest BCUT2D eigenvalue weighted by molar-refractivity contribution is -0.119. The summed E-state index contributed by atoms with van der Waals surface area (Å²) in [5.74, 6) is -0.372. The van der Waals surface area contributed by atoms with E-state index in [0.717, 1.165) is 68.0 Å². The summed E-state index contributed by atoms with van der Waals surface area (Å²) in [6.45, 7) is 4.51. The van der Waals surface area contributed by atoms with Crippen molar-refractivity contribution in [3.05, 3.63) is 20.8 Å². The van der Waals surface area contributed by atoms with Gasteiger partial charge in [-0.05, 0) is 51.0 Å². The van der Waals surface area contributed by atoms with E-state index in [-0.39, 0.29) is 17.5 Å². The highest BCUT2D eigenvalue weighted by molar-refractivity contribution is 8.00. The zero-order valence-electron chi connectivity index (χ0n) is 18.2. The Bertz CT molecular complexity index is 1040. The van der Waals surface area contributed by atoms with Crippen LogP contribution in [0.4, 0.5) is 4.79 Å². The fraction of sp³-hybridized carbons (Fsp3) is 0.636. The molecule has 1 atom stereocenters. The van der Waals surface area contributed by atoms with Gasteiger partial charge >= 0.3 is 6.03 Å². The lowest BCUT2D eigenvalue weighted by Gasteiger charge is -2.16. The number of unbranched alkanes of at least 4 members (excludes halogenated alkanes) is 3. The van der Waals surface area contributed by atoms with Gasteiger partial charge < -0.3 is 5.32 Å². The zero-order valence-corrected chi connectivity index (χ0v) is 19.8. The van der Waals surface area contributed by atoms with Crippen molar-refractivity contribution < 1.29 is 9.59 Å². The van der Waals surface area contributed by atoms with Gasteiger partial charge in [-0.1, -0.05) is 37.9 Å². The van der Waals surface area contributed by atoms with Crippen LogP contribution in [0.3, 0.4) is 0 Å². The number of thiophene rings is 1. The quantitative estimate of drug-likeness (QED) is 0.334. The second-order valence-electron chi connectivity index (χ2n) is 8.45. The number of hydrogen-bond acceptors (Lipinski definition) is 6. The first-order chi connectivity index (χ1) is 15.0. The van der Waals surface area contributed by atoms with E-state index in [4.69, 9.17) is 4.98 Å². The first-order valence-electron chi connectivity index (χ1n) is 11.3. The summed E-state index contributed by atoms with van der Waals surface area (Å²) in [5, 5.41) is 5.98. The average molecular weight is 463 g/mol. The predicted octanol–water partition coefficient (Wildman–Crippen LogP) is 4.00. The Morgan fingerprint density at radius 2 is 2.06 bits per heavy atom. The molecule has 0 bridgehead atoms. The molecule has 7 nitrogen and oxygen atoms in total. The topological polar surface area (TPSA) is 93.1 Å². The molecule has 0 radical (unpaired) electrons. The fourth-order valence-corrected chi connectivity index (χ4v) is 6.15. The van der Waals surface area contributed by atoms with E-state index in [0.29, 0.717) is 11.7 Å². The van der Waals surface area contributed by atoms with Crippen molar-refractivity contribution in [2.45, 2.75) is 94.6 Å². The van der Waals surface area contributed by atoms with Crippen LogP contribution in [0.1, 0.15) is 69.2 Å². The van der Waals surface area contributed by atoms with Crippen LogP contribution >= 0.6 is 23.1 Å². The molecule has 0 aliphatic heterocycles. The second kappa shape index (κ2) is 9.73. The van der Waals surface area contributed by atoms with Gasteiger partial charge in [0.25, 0.3) is 5.56 Å². The summed E-state index contributed by atoms with van der Waals surface area (Å²) in [5.41, 5.74) is 1.20. The van der Waals surface area contributed by atoms with E-state index in [9.17, 15) is 14.4 Å². The summed E-state index contributed by atoms with van der Waals surface area (Å²) < 4.78 is 1.75. The van der Waals surface area contributed by atoms with Gasteiger partial charge in [0.05, 0.1) is 10.6 Å². The highest BCUT2D eigenvalue weighted by atomic mass is 32.2. The molecule has 0 unspecified atom stereocenters. The molecule has 2 aliphatic rings. The number of aromatic nitrogens is 2. The molecule has 1 saturated carbocycles. The fourth-order valence-electron chi connectivity index (χ4n) is 3.92. The molecule has 2 aliphatic carbocycles. The molecule has 3 amide bonds. The minimum atomic E-state index is -0.539. The third-order valence-corrected chi connectivity index (χ3v) is 8.10. The molecule has 2 aromatic rings. The average Bonchev–Trinajstić information content (AvgIpc) is 3.29. The normalized spacial score (nSPS) is 16.3. The number of carbonyl (C=O) groups excluding carboxylic acids is 2. The van der Waals surface area contributed by atoms with Crippen LogP contribution in [0.15, 0.2) is 9.95 Å². The van der Waals surface area contributed by atoms with Crippen molar-refractivity contribution in [2.24, 2.45) is 0 Å². The van der Waals surface area contributed by atoms with Crippen molar-refractivity contribution >= 4 is 45.3 Å². The van der Waals surface area contributed by atoms with Crippen LogP contribution < -0.4 is 16.2 Å². The number of thioether (sulfide) groups is 1. The lowest BCUT2D eigenvalue weighted by atomic mass is 10.2. The number of aryl methyl sites for hydroxylation is 2. The molecule has 0 aromatic carbocycles. The van der Waals surface area contributed by atoms with E-state index >= 15 is 0 Å².